The zero-order valence-corrected chi connectivity index (χ0v) is 37.7. The maximum atomic E-state index is 9.09. The van der Waals surface area contributed by atoms with Crippen molar-refractivity contribution in [2.45, 2.75) is 0 Å². The molecule has 6 nitrogen and oxygen atoms in total. The summed E-state index contributed by atoms with van der Waals surface area (Å²) in [4.78, 5) is 8.58. The molecule has 10 aromatic carbocycles. The van der Waals surface area contributed by atoms with E-state index in [2.05, 4.69) is 0 Å². The Morgan fingerprint density at radius 2 is 0.917 bits per heavy atom. The first-order valence-electron chi connectivity index (χ1n) is 32.6. The number of nitrogens with zero attached hydrogens (tertiary/aromatic N) is 4. The lowest BCUT2D eigenvalue weighted by molar-refractivity contribution is 0.483. The minimum atomic E-state index is -0.630. The number of para-hydroxylation sites is 5. The van der Waals surface area contributed by atoms with Crippen LogP contribution in [0.4, 0.5) is 22.7 Å². The van der Waals surface area contributed by atoms with E-state index in [1.54, 1.807) is 42.5 Å². The minimum Gasteiger partial charge on any atom is -0.457 e. The molecule has 0 N–H and O–H groups in total. The lowest BCUT2D eigenvalue weighted by atomic mass is 9.95. The number of rotatable bonds is 11. The summed E-state index contributed by atoms with van der Waals surface area (Å²) in [6, 6.07) is 28.6. The summed E-state index contributed by atoms with van der Waals surface area (Å²) in [5, 5.41) is 1.66. The van der Waals surface area contributed by atoms with E-state index >= 15 is 0 Å². The van der Waals surface area contributed by atoms with E-state index in [1.165, 1.54) is 30.5 Å². The van der Waals surface area contributed by atoms with Gasteiger partial charge in [-0.2, -0.15) is 0 Å². The van der Waals surface area contributed by atoms with Crippen molar-refractivity contribution in [2.75, 3.05) is 16.5 Å². The van der Waals surface area contributed by atoms with Gasteiger partial charge in [0.25, 0.3) is 0 Å². The highest BCUT2D eigenvalue weighted by molar-refractivity contribution is 6.09. The molecule has 0 unspecified atom stereocenters. The first kappa shape index (κ1) is 26.4. The van der Waals surface area contributed by atoms with Gasteiger partial charge < -0.3 is 19.3 Å². The zero-order chi connectivity index (χ0) is 65.2. The highest BCUT2D eigenvalue weighted by Crippen LogP contribution is 2.50. The molecule has 0 spiro atoms. The third-order valence-corrected chi connectivity index (χ3v) is 12.3. The molecule has 0 amide bonds. The maximum absolute atomic E-state index is 9.09. The average Bonchev–Trinajstić information content (AvgIpc) is 1.48. The van der Waals surface area contributed by atoms with Crippen molar-refractivity contribution < 1.29 is 36.9 Å². The molecule has 12 aromatic rings. The first-order chi connectivity index (χ1) is 44.0. The highest BCUT2D eigenvalue weighted by Gasteiger charge is 2.31. The SMILES string of the molecule is [2H]c1c([2H])c([2H])c(-c2cccc(-c3c([2H])c([2H])c([2H])c([2H])c3[2H])c2Oc2ccnc(-n3c4ccccc4c4ccc(Oc5cccc(N6CN(c7c(-c8c([2H])c([2H])c([2H])c([2H])c8[2H])cccc7-c7c([2H])c([2H])c([2H])c([2H])c7[2H])c7ccccc76)c5)cc43)c2)c([2H])c1[2H]. The Balaban J connectivity index is 0.898. The molecule has 1 aliphatic heterocycles. The van der Waals surface area contributed by atoms with Gasteiger partial charge in [0.15, 0.2) is 0 Å². The number of aromatic nitrogens is 2. The van der Waals surface area contributed by atoms with Crippen LogP contribution in [0, 0.1) is 0 Å². The fourth-order valence-corrected chi connectivity index (χ4v) is 9.26. The van der Waals surface area contributed by atoms with Crippen LogP contribution in [0.5, 0.6) is 23.0 Å². The van der Waals surface area contributed by atoms with Gasteiger partial charge in [-0.15, -0.1) is 0 Å². The maximum Gasteiger partial charge on any atom is 0.143 e. The standard InChI is InChI=1S/C66H46N4O2/c1-5-20-46(21-6-1)54-31-18-32-55(47-22-7-2-8-23-47)65(54)69-45-68(61-36-15-16-37-62(61)69)50-28-17-29-51(42-50)71-52-38-39-59-58-30-13-14-35-60(58)70(63(59)43-52)64-44-53(40-41-67-64)72-66-56(48-24-9-3-10-25-48)33-19-34-57(66)49-26-11-4-12-27-49/h1-44H,45H2/i1D,2D,3D,4D,5D,6D,7D,8D,9D,10D,11D,12D,20D,21D,22D,23D,24D,25D,26D,27D. The van der Waals surface area contributed by atoms with E-state index < -0.39 is 121 Å². The van der Waals surface area contributed by atoms with Gasteiger partial charge in [-0.25, -0.2) is 4.98 Å². The summed E-state index contributed by atoms with van der Waals surface area (Å²) >= 11 is 0. The fourth-order valence-electron chi connectivity index (χ4n) is 9.26. The quantitative estimate of drug-likeness (QED) is 0.129. The van der Waals surface area contributed by atoms with Crippen LogP contribution in [0.1, 0.15) is 27.4 Å². The van der Waals surface area contributed by atoms with Crippen LogP contribution in [-0.4, -0.2) is 16.2 Å². The summed E-state index contributed by atoms with van der Waals surface area (Å²) in [5.74, 6) is 1.09. The Kier molecular flexibility index (Phi) is 6.72. The lowest BCUT2D eigenvalue weighted by Crippen LogP contribution is -2.24. The molecule has 0 aliphatic carbocycles. The lowest BCUT2D eigenvalue weighted by Gasteiger charge is -2.27. The van der Waals surface area contributed by atoms with E-state index in [0.29, 0.717) is 39.9 Å². The van der Waals surface area contributed by atoms with Crippen LogP contribution in [0.2, 0.25) is 0 Å². The van der Waals surface area contributed by atoms with Crippen molar-refractivity contribution in [1.29, 1.82) is 0 Å². The first-order valence-corrected chi connectivity index (χ1v) is 22.6. The smallest absolute Gasteiger partial charge is 0.143 e. The van der Waals surface area contributed by atoms with Crippen molar-refractivity contribution in [1.82, 2.24) is 9.55 Å². The van der Waals surface area contributed by atoms with E-state index in [9.17, 15) is 0 Å². The molecule has 1 aliphatic rings. The van der Waals surface area contributed by atoms with Crippen LogP contribution < -0.4 is 19.3 Å². The van der Waals surface area contributed by atoms with Crippen LogP contribution in [-0.2, 0) is 0 Å². The van der Waals surface area contributed by atoms with Crippen molar-refractivity contribution in [3.8, 4) is 73.3 Å². The Bertz CT molecular complexity index is 4860. The summed E-state index contributed by atoms with van der Waals surface area (Å²) in [6.07, 6.45) is 1.48. The molecule has 0 atom stereocenters. The molecule has 3 heterocycles. The number of hydrogen-bond donors (Lipinski definition) is 0. The molecule has 342 valence electrons. The van der Waals surface area contributed by atoms with Gasteiger partial charge in [0.05, 0.1) is 55.5 Å². The summed E-state index contributed by atoms with van der Waals surface area (Å²) < 4.78 is 189. The third-order valence-electron chi connectivity index (χ3n) is 12.3. The van der Waals surface area contributed by atoms with E-state index in [-0.39, 0.29) is 68.4 Å². The Hall–Kier alpha value is -9.65. The number of ether oxygens (including phenoxy) is 2. The van der Waals surface area contributed by atoms with Gasteiger partial charge in [0.1, 0.15) is 35.5 Å². The van der Waals surface area contributed by atoms with Crippen LogP contribution in [0.15, 0.2) is 267 Å². The largest absolute Gasteiger partial charge is 0.457 e. The Labute approximate surface area is 446 Å². The molecule has 0 bridgehead atoms. The molecule has 0 radical (unpaired) electrons. The molecular formula is C66H46N4O2. The predicted molar refractivity (Wildman–Crippen MR) is 295 cm³/mol. The number of pyridine rings is 1. The molecule has 0 saturated carbocycles. The second kappa shape index (κ2) is 18.3. The van der Waals surface area contributed by atoms with Crippen molar-refractivity contribution >= 4 is 44.6 Å². The van der Waals surface area contributed by atoms with Crippen LogP contribution in [0.3, 0.4) is 0 Å². The Morgan fingerprint density at radius 3 is 1.56 bits per heavy atom. The summed E-state index contributed by atoms with van der Waals surface area (Å²) in [6.45, 7) is 0.0144. The van der Waals surface area contributed by atoms with E-state index in [0.717, 1.165) is 16.3 Å². The van der Waals surface area contributed by atoms with E-state index in [4.69, 9.17) is 41.9 Å². The molecule has 13 rings (SSSR count). The third kappa shape index (κ3) is 7.78. The zero-order valence-electron chi connectivity index (χ0n) is 57.7. The van der Waals surface area contributed by atoms with Crippen LogP contribution in [0.25, 0.3) is 72.1 Å². The van der Waals surface area contributed by atoms with E-state index in [1.807, 2.05) is 87.2 Å². The minimum absolute atomic E-state index is 0.0144. The van der Waals surface area contributed by atoms with Crippen molar-refractivity contribution in [3.63, 3.8) is 0 Å². The van der Waals surface area contributed by atoms with Gasteiger partial charge in [-0.3, -0.25) is 4.57 Å². The number of fused-ring (bicyclic) bond motifs is 4. The monoisotopic (exact) mass is 946 g/mol. The molecule has 6 heteroatoms. The highest BCUT2D eigenvalue weighted by atomic mass is 16.5. The van der Waals surface area contributed by atoms with Gasteiger partial charge in [-0.1, -0.05) is 194 Å². The average molecular weight is 947 g/mol. The summed E-state index contributed by atoms with van der Waals surface area (Å²) in [7, 11) is 0. The van der Waals surface area contributed by atoms with Gasteiger partial charge in [0, 0.05) is 63.1 Å². The second-order valence-corrected chi connectivity index (χ2v) is 16.5. The number of anilines is 4. The molecule has 2 aromatic heterocycles. The number of hydrogen-bond acceptors (Lipinski definition) is 5. The normalized spacial score (nSPS) is 15.9. The Morgan fingerprint density at radius 1 is 0.403 bits per heavy atom. The number of benzene rings is 10. The van der Waals surface area contributed by atoms with Gasteiger partial charge in [0.2, 0.25) is 0 Å². The van der Waals surface area contributed by atoms with Crippen LogP contribution >= 0.6 is 0 Å². The molecular weight excluding hydrogens is 881 g/mol. The molecule has 72 heavy (non-hydrogen) atoms. The second-order valence-electron chi connectivity index (χ2n) is 16.5. The topological polar surface area (TPSA) is 42.8 Å². The van der Waals surface area contributed by atoms with Crippen molar-refractivity contribution in [2.24, 2.45) is 0 Å². The van der Waals surface area contributed by atoms with Gasteiger partial charge in [-0.05, 0) is 70.8 Å². The summed E-state index contributed by atoms with van der Waals surface area (Å²) in [5.41, 5.74) is 2.94. The molecule has 0 saturated heterocycles. The fraction of sp³-hybridized carbons (Fsp3) is 0.0152. The van der Waals surface area contributed by atoms with Gasteiger partial charge >= 0.3 is 0 Å². The molecule has 0 fully saturated rings. The van der Waals surface area contributed by atoms with Crippen molar-refractivity contribution in [3.05, 3.63) is 267 Å². The predicted octanol–water partition coefficient (Wildman–Crippen LogP) is 17.7.